The Morgan fingerprint density at radius 3 is 1.27 bits per heavy atom. The first-order valence-electron chi connectivity index (χ1n) is 6.03. The maximum absolute atomic E-state index is 9.40. The van der Waals surface area contributed by atoms with Crippen molar-refractivity contribution < 1.29 is 4.79 Å². The second kappa shape index (κ2) is 89.1. The summed E-state index contributed by atoms with van der Waals surface area (Å²) >= 11 is 3.84. The monoisotopic (exact) mass is 256 g/mol. The molecule has 0 spiro atoms. The highest BCUT2D eigenvalue weighted by atomic mass is 33.1. The van der Waals surface area contributed by atoms with Crippen LogP contribution in [0.15, 0.2) is 0 Å². The van der Waals surface area contributed by atoms with Gasteiger partial charge >= 0.3 is 0 Å². The van der Waals surface area contributed by atoms with Crippen molar-refractivity contribution in [3.8, 4) is 0 Å². The van der Waals surface area contributed by atoms with Crippen LogP contribution in [0.5, 0.6) is 0 Å². The topological polar surface area (TPSA) is 17.1 Å². The van der Waals surface area contributed by atoms with Gasteiger partial charge in [0.05, 0.1) is 0 Å². The zero-order chi connectivity index (χ0) is 13.5. The molecule has 0 bridgehead atoms. The maximum Gasteiger partial charge on any atom is 0.119 e. The molecule has 98 valence electrons. The summed E-state index contributed by atoms with van der Waals surface area (Å²) in [4.78, 5) is 9.40. The second-order valence-corrected chi connectivity index (χ2v) is 2.98. The summed E-state index contributed by atoms with van der Waals surface area (Å²) in [5.41, 5.74) is 0. The molecule has 0 amide bonds. The first-order valence-corrected chi connectivity index (χ1v) is 8.07. The zero-order valence-electron chi connectivity index (χ0n) is 12.0. The quantitative estimate of drug-likeness (QED) is 0.399. The molecular weight excluding hydrogens is 224 g/mol. The molecule has 1 nitrogen and oxygen atoms in total. The van der Waals surface area contributed by atoms with E-state index in [1.807, 2.05) is 48.5 Å². The molecule has 0 aromatic rings. The number of hydrogen-bond acceptors (Lipinski definition) is 3. The van der Waals surface area contributed by atoms with E-state index in [1.165, 1.54) is 0 Å². The van der Waals surface area contributed by atoms with Gasteiger partial charge in [-0.3, -0.25) is 0 Å². The molecule has 0 aliphatic carbocycles. The van der Waals surface area contributed by atoms with Gasteiger partial charge in [0, 0.05) is 12.2 Å². The molecule has 0 radical (unpaired) electrons. The van der Waals surface area contributed by atoms with Crippen molar-refractivity contribution in [2.75, 3.05) is 5.75 Å². The van der Waals surface area contributed by atoms with Crippen LogP contribution in [0.1, 0.15) is 68.2 Å². The van der Waals surface area contributed by atoms with Crippen molar-refractivity contribution in [1.82, 2.24) is 0 Å². The third-order valence-electron chi connectivity index (χ3n) is 0.536. The SMILES string of the molecule is CC.CC.CC.CCCC=O.CCSS. The van der Waals surface area contributed by atoms with Crippen molar-refractivity contribution >= 4 is 28.7 Å². The van der Waals surface area contributed by atoms with E-state index in [2.05, 4.69) is 18.6 Å². The van der Waals surface area contributed by atoms with Crippen LogP contribution in [0.2, 0.25) is 0 Å². The first kappa shape index (κ1) is 29.5. The van der Waals surface area contributed by atoms with Gasteiger partial charge in [-0.05, 0) is 6.42 Å². The van der Waals surface area contributed by atoms with Crippen LogP contribution in [-0.4, -0.2) is 12.0 Å². The minimum atomic E-state index is 0.708. The smallest absolute Gasteiger partial charge is 0.119 e. The Labute approximate surface area is 108 Å². The van der Waals surface area contributed by atoms with Crippen LogP contribution < -0.4 is 0 Å². The third-order valence-corrected chi connectivity index (χ3v) is 1.57. The van der Waals surface area contributed by atoms with Crippen LogP contribution in [0.3, 0.4) is 0 Å². The summed E-state index contributed by atoms with van der Waals surface area (Å²) in [6.07, 6.45) is 2.61. The molecule has 0 atom stereocenters. The number of hydrogen-bond donors (Lipinski definition) is 1. The van der Waals surface area contributed by atoms with Gasteiger partial charge in [-0.25, -0.2) is 0 Å². The molecule has 0 saturated carbocycles. The average molecular weight is 257 g/mol. The number of thiol groups is 1. The van der Waals surface area contributed by atoms with Gasteiger partial charge < -0.3 is 4.79 Å². The number of unbranched alkanes of at least 4 members (excludes halogenated alkanes) is 1. The minimum absolute atomic E-state index is 0.708. The Kier molecular flexibility index (Phi) is 175. The molecule has 3 heteroatoms. The fourth-order valence-corrected chi connectivity index (χ4v) is 0.118. The van der Waals surface area contributed by atoms with E-state index in [9.17, 15) is 4.79 Å². The summed E-state index contributed by atoms with van der Waals surface area (Å²) in [7, 11) is 1.55. The summed E-state index contributed by atoms with van der Waals surface area (Å²) in [5, 5.41) is 0. The molecule has 0 N–H and O–H groups in total. The van der Waals surface area contributed by atoms with Gasteiger partial charge in [0.2, 0.25) is 0 Å². The second-order valence-electron chi connectivity index (χ2n) is 1.37. The normalized spacial score (nSPS) is 5.67. The van der Waals surface area contributed by atoms with Crippen LogP contribution >= 0.6 is 22.5 Å². The van der Waals surface area contributed by atoms with Gasteiger partial charge in [0.25, 0.3) is 0 Å². The summed E-state index contributed by atoms with van der Waals surface area (Å²) in [5.74, 6) is 1.10. The Bertz CT molecular complexity index is 48.9. The Morgan fingerprint density at radius 1 is 1.00 bits per heavy atom. The first-order chi connectivity index (χ1) is 7.33. The van der Waals surface area contributed by atoms with Crippen molar-refractivity contribution in [3.63, 3.8) is 0 Å². The molecule has 0 aromatic heterocycles. The van der Waals surface area contributed by atoms with E-state index in [1.54, 1.807) is 10.8 Å². The predicted molar refractivity (Wildman–Crippen MR) is 82.1 cm³/mol. The minimum Gasteiger partial charge on any atom is -0.303 e. The van der Waals surface area contributed by atoms with Gasteiger partial charge in [-0.1, -0.05) is 66.2 Å². The summed E-state index contributed by atoms with van der Waals surface area (Å²) < 4.78 is 0. The number of rotatable bonds is 3. The highest BCUT2D eigenvalue weighted by Crippen LogP contribution is 2.00. The van der Waals surface area contributed by atoms with Gasteiger partial charge in [-0.2, -0.15) is 0 Å². The summed E-state index contributed by atoms with van der Waals surface area (Å²) in [6, 6.07) is 0. The third kappa shape index (κ3) is 194. The highest BCUT2D eigenvalue weighted by molar-refractivity contribution is 8.68. The molecule has 15 heavy (non-hydrogen) atoms. The van der Waals surface area contributed by atoms with Crippen LogP contribution in [0.25, 0.3) is 0 Å². The molecular formula is C12H32OS2. The maximum atomic E-state index is 9.40. The molecule has 0 saturated heterocycles. The Morgan fingerprint density at radius 2 is 1.27 bits per heavy atom. The van der Waals surface area contributed by atoms with Crippen LogP contribution in [0.4, 0.5) is 0 Å². The Balaban J connectivity index is -0.0000000301. The van der Waals surface area contributed by atoms with E-state index in [0.29, 0.717) is 6.42 Å². The molecule has 0 unspecified atom stereocenters. The molecule has 0 aliphatic heterocycles. The predicted octanol–water partition coefficient (Wildman–Crippen LogP) is 5.65. The Hall–Kier alpha value is 0.370. The molecule has 0 aliphatic rings. The zero-order valence-corrected chi connectivity index (χ0v) is 13.7. The lowest BCUT2D eigenvalue weighted by Gasteiger charge is -1.68. The van der Waals surface area contributed by atoms with E-state index < -0.39 is 0 Å². The van der Waals surface area contributed by atoms with Crippen molar-refractivity contribution in [3.05, 3.63) is 0 Å². The van der Waals surface area contributed by atoms with Gasteiger partial charge in [0.1, 0.15) is 6.29 Å². The van der Waals surface area contributed by atoms with E-state index in [-0.39, 0.29) is 0 Å². The fraction of sp³-hybridized carbons (Fsp3) is 0.917. The summed E-state index contributed by atoms with van der Waals surface area (Å²) in [6.45, 7) is 16.0. The van der Waals surface area contributed by atoms with E-state index >= 15 is 0 Å². The van der Waals surface area contributed by atoms with E-state index in [0.717, 1.165) is 18.5 Å². The van der Waals surface area contributed by atoms with Gasteiger partial charge in [0.15, 0.2) is 0 Å². The van der Waals surface area contributed by atoms with Crippen molar-refractivity contribution in [1.29, 1.82) is 0 Å². The lowest BCUT2D eigenvalue weighted by atomic mass is 10.4. The lowest BCUT2D eigenvalue weighted by molar-refractivity contribution is -0.107. The van der Waals surface area contributed by atoms with Crippen LogP contribution in [-0.2, 0) is 4.79 Å². The number of carbonyl (C=O) groups is 1. The molecule has 0 aromatic carbocycles. The van der Waals surface area contributed by atoms with E-state index in [4.69, 9.17) is 0 Å². The fourth-order valence-electron chi connectivity index (χ4n) is 0.118. The van der Waals surface area contributed by atoms with Crippen molar-refractivity contribution in [2.45, 2.75) is 68.2 Å². The van der Waals surface area contributed by atoms with Crippen LogP contribution in [0, 0.1) is 0 Å². The largest absolute Gasteiger partial charge is 0.303 e. The molecule has 0 heterocycles. The highest BCUT2D eigenvalue weighted by Gasteiger charge is 1.66. The lowest BCUT2D eigenvalue weighted by Crippen LogP contribution is -1.64. The number of carbonyl (C=O) groups excluding carboxylic acids is 1. The average Bonchev–Trinajstić information content (AvgIpc) is 2.38. The molecule has 0 rings (SSSR count). The number of aldehydes is 1. The standard InChI is InChI=1S/C4H8O.C2H6S2.3C2H6/c1-2-3-4-5;1-2-4-3;3*1-2/h4H,2-3H2,1H3;3H,2H2,1H3;3*1-2H3. The van der Waals surface area contributed by atoms with Crippen molar-refractivity contribution in [2.24, 2.45) is 0 Å². The van der Waals surface area contributed by atoms with Gasteiger partial charge in [-0.15, -0.1) is 11.7 Å². The molecule has 0 fully saturated rings.